The lowest BCUT2D eigenvalue weighted by Crippen LogP contribution is -2.59. The van der Waals surface area contributed by atoms with Gasteiger partial charge in [0.2, 0.25) is 0 Å². The highest BCUT2D eigenvalue weighted by Crippen LogP contribution is 2.50. The van der Waals surface area contributed by atoms with E-state index in [4.69, 9.17) is 51.9 Å². The van der Waals surface area contributed by atoms with Gasteiger partial charge in [-0.3, -0.25) is 9.88 Å². The number of fused-ring (bicyclic) bond motifs is 3. The molecule has 0 unspecified atom stereocenters. The molecule has 11 nitrogen and oxygen atoms in total. The van der Waals surface area contributed by atoms with Crippen LogP contribution in [-0.2, 0) is 33.1 Å². The van der Waals surface area contributed by atoms with Crippen LogP contribution in [0.4, 0.5) is 5.69 Å². The first-order chi connectivity index (χ1) is 22.8. The first-order valence-corrected chi connectivity index (χ1v) is 16.7. The maximum atomic E-state index is 12.5. The number of anilines is 1. The number of methoxy groups -OCH3 is 1. The topological polar surface area (TPSA) is 100 Å². The van der Waals surface area contributed by atoms with E-state index in [0.717, 1.165) is 49.6 Å². The van der Waals surface area contributed by atoms with E-state index in [1.54, 1.807) is 18.3 Å². The van der Waals surface area contributed by atoms with Crippen molar-refractivity contribution in [1.29, 1.82) is 0 Å². The number of carbonyl (C=O) groups is 1. The van der Waals surface area contributed by atoms with Crippen LogP contribution in [0.1, 0.15) is 41.6 Å². The highest BCUT2D eigenvalue weighted by Gasteiger charge is 2.46. The number of rotatable bonds is 7. The summed E-state index contributed by atoms with van der Waals surface area (Å²) in [5.41, 5.74) is 3.47. The van der Waals surface area contributed by atoms with Gasteiger partial charge < -0.3 is 33.2 Å². The van der Waals surface area contributed by atoms with Gasteiger partial charge in [-0.15, -0.1) is 0 Å². The molecular weight excluding hydrogens is 645 g/mol. The number of hydrogen-bond acceptors (Lipinski definition) is 10. The molecule has 0 radical (unpaired) electrons. The van der Waals surface area contributed by atoms with Gasteiger partial charge >= 0.3 is 5.97 Å². The van der Waals surface area contributed by atoms with Crippen molar-refractivity contribution in [2.75, 3.05) is 44.9 Å². The van der Waals surface area contributed by atoms with E-state index >= 15 is 0 Å². The third kappa shape index (κ3) is 5.47. The third-order valence-electron chi connectivity index (χ3n) is 9.64. The minimum absolute atomic E-state index is 0.0715. The van der Waals surface area contributed by atoms with Crippen LogP contribution in [0.3, 0.4) is 0 Å². The molecule has 0 N–H and O–H groups in total. The zero-order valence-corrected chi connectivity index (χ0v) is 27.7. The van der Waals surface area contributed by atoms with Crippen molar-refractivity contribution in [1.82, 2.24) is 19.4 Å². The molecule has 8 rings (SSSR count). The summed E-state index contributed by atoms with van der Waals surface area (Å²) in [6.07, 6.45) is 3.67. The highest BCUT2D eigenvalue weighted by atomic mass is 35.5. The Morgan fingerprint density at radius 2 is 1.98 bits per heavy atom. The molecule has 0 amide bonds. The van der Waals surface area contributed by atoms with Crippen molar-refractivity contribution in [2.45, 2.75) is 56.8 Å². The van der Waals surface area contributed by atoms with Crippen LogP contribution in [0.2, 0.25) is 10.0 Å². The second-order valence-electron chi connectivity index (χ2n) is 12.5. The molecular formula is C34H35Cl2N5O6. The molecule has 0 spiro atoms. The van der Waals surface area contributed by atoms with Gasteiger partial charge in [0.1, 0.15) is 17.0 Å². The number of aromatic nitrogens is 3. The van der Waals surface area contributed by atoms with Gasteiger partial charge in [-0.05, 0) is 49.2 Å². The summed E-state index contributed by atoms with van der Waals surface area (Å²) in [6, 6.07) is 13.3. The molecule has 6 heterocycles. The second-order valence-corrected chi connectivity index (χ2v) is 13.4. The van der Waals surface area contributed by atoms with Crippen molar-refractivity contribution in [3.8, 4) is 11.5 Å². The normalized spacial score (nSPS) is 25.4. The number of ether oxygens (including phenoxy) is 5. The van der Waals surface area contributed by atoms with Crippen LogP contribution in [0.25, 0.3) is 11.0 Å². The molecule has 4 atom stereocenters. The van der Waals surface area contributed by atoms with Crippen molar-refractivity contribution >= 4 is 45.9 Å². The fourth-order valence-corrected chi connectivity index (χ4v) is 7.66. The molecule has 0 aliphatic carbocycles. The number of carbonyl (C=O) groups excluding carboxylic acids is 1. The molecule has 4 aliphatic rings. The van der Waals surface area contributed by atoms with Gasteiger partial charge in [0.05, 0.1) is 78.4 Å². The largest absolute Gasteiger partial charge is 0.465 e. The Bertz CT molecular complexity index is 1830. The van der Waals surface area contributed by atoms with E-state index in [1.807, 2.05) is 31.2 Å². The van der Waals surface area contributed by atoms with Crippen LogP contribution in [0.5, 0.6) is 11.5 Å². The lowest BCUT2D eigenvalue weighted by molar-refractivity contribution is -0.0716. The molecule has 3 fully saturated rings. The standard InChI is InChI=1S/C34H35Cl2N5O6/c1-34(29-9-8-21(35)15-37-29)46-28-7-3-6-24(32(28)47-34)40-11-10-39(26-18-44-19-27(26)40)17-30-38-31-23(36)13-20(33(42)43-2)14-25(31)41(30)16-22-5-4-12-45-22/h3,6-9,13-15,22,26-27H,4-5,10-12,16-19H2,1-2H3/t22-,26-,27+,34-/m0/s1. The molecule has 0 saturated carbocycles. The van der Waals surface area contributed by atoms with Gasteiger partial charge in [-0.25, -0.2) is 9.78 Å². The van der Waals surface area contributed by atoms with Gasteiger partial charge in [0.15, 0.2) is 11.5 Å². The summed E-state index contributed by atoms with van der Waals surface area (Å²) in [5.74, 6) is 0.731. The van der Waals surface area contributed by atoms with Crippen LogP contribution in [0, 0.1) is 0 Å². The van der Waals surface area contributed by atoms with Gasteiger partial charge in [0, 0.05) is 32.8 Å². The van der Waals surface area contributed by atoms with E-state index < -0.39 is 11.8 Å². The van der Waals surface area contributed by atoms with Crippen LogP contribution in [-0.4, -0.2) is 83.6 Å². The minimum Gasteiger partial charge on any atom is -0.465 e. The number of esters is 1. The molecule has 3 saturated heterocycles. The number of hydrogen-bond donors (Lipinski definition) is 0. The predicted molar refractivity (Wildman–Crippen MR) is 176 cm³/mol. The molecule has 2 aromatic heterocycles. The Morgan fingerprint density at radius 3 is 2.77 bits per heavy atom. The van der Waals surface area contributed by atoms with E-state index in [2.05, 4.69) is 25.4 Å². The molecule has 0 bridgehead atoms. The molecule has 4 aliphatic heterocycles. The summed E-state index contributed by atoms with van der Waals surface area (Å²) in [4.78, 5) is 26.8. The molecule has 246 valence electrons. The Labute approximate surface area is 282 Å². The zero-order chi connectivity index (χ0) is 32.3. The Kier molecular flexibility index (Phi) is 7.92. The number of para-hydroxylation sites is 1. The van der Waals surface area contributed by atoms with Crippen molar-refractivity contribution in [2.24, 2.45) is 0 Å². The number of pyridine rings is 1. The lowest BCUT2D eigenvalue weighted by atomic mass is 10.0. The first-order valence-electron chi connectivity index (χ1n) is 15.9. The Balaban J connectivity index is 1.08. The summed E-state index contributed by atoms with van der Waals surface area (Å²) in [6.45, 7) is 6.55. The third-order valence-corrected chi connectivity index (χ3v) is 10.2. The second kappa shape index (κ2) is 12.1. The zero-order valence-electron chi connectivity index (χ0n) is 26.2. The monoisotopic (exact) mass is 679 g/mol. The summed E-state index contributed by atoms with van der Waals surface area (Å²) >= 11 is 12.8. The number of nitrogens with zero attached hydrogens (tertiary/aromatic N) is 5. The summed E-state index contributed by atoms with van der Waals surface area (Å²) < 4.78 is 32.2. The van der Waals surface area contributed by atoms with E-state index in [0.29, 0.717) is 64.6 Å². The lowest BCUT2D eigenvalue weighted by Gasteiger charge is -2.44. The summed E-state index contributed by atoms with van der Waals surface area (Å²) in [7, 11) is 1.37. The predicted octanol–water partition coefficient (Wildman–Crippen LogP) is 5.44. The van der Waals surface area contributed by atoms with E-state index in [1.165, 1.54) is 7.11 Å². The maximum Gasteiger partial charge on any atom is 0.337 e. The van der Waals surface area contributed by atoms with E-state index in [9.17, 15) is 4.79 Å². The van der Waals surface area contributed by atoms with Gasteiger partial charge in [-0.2, -0.15) is 0 Å². The average Bonchev–Trinajstić information content (AvgIpc) is 3.88. The summed E-state index contributed by atoms with van der Waals surface area (Å²) in [5, 5.41) is 0.971. The smallest absolute Gasteiger partial charge is 0.337 e. The Morgan fingerprint density at radius 1 is 1.11 bits per heavy atom. The van der Waals surface area contributed by atoms with Crippen LogP contribution in [0.15, 0.2) is 48.7 Å². The first kappa shape index (κ1) is 30.7. The van der Waals surface area contributed by atoms with Gasteiger partial charge in [0.25, 0.3) is 5.79 Å². The van der Waals surface area contributed by atoms with Crippen LogP contribution >= 0.6 is 23.2 Å². The maximum absolute atomic E-state index is 12.5. The van der Waals surface area contributed by atoms with E-state index in [-0.39, 0.29) is 18.2 Å². The van der Waals surface area contributed by atoms with Crippen molar-refractivity contribution in [3.63, 3.8) is 0 Å². The van der Waals surface area contributed by atoms with Crippen molar-refractivity contribution < 1.29 is 28.5 Å². The Hall–Kier alpha value is -3.61. The molecule has 2 aromatic carbocycles. The van der Waals surface area contributed by atoms with Crippen molar-refractivity contribution in [3.05, 3.63) is 75.8 Å². The average molecular weight is 681 g/mol. The minimum atomic E-state index is -1.08. The fourth-order valence-electron chi connectivity index (χ4n) is 7.29. The van der Waals surface area contributed by atoms with Crippen LogP contribution < -0.4 is 14.4 Å². The molecule has 13 heteroatoms. The quantitative estimate of drug-likeness (QED) is 0.235. The highest BCUT2D eigenvalue weighted by molar-refractivity contribution is 6.35. The number of piperazine rings is 1. The number of benzene rings is 2. The number of halogens is 2. The molecule has 47 heavy (non-hydrogen) atoms. The molecule has 4 aromatic rings. The van der Waals surface area contributed by atoms with Gasteiger partial charge in [-0.1, -0.05) is 29.3 Å². The SMILES string of the molecule is COC(=O)c1cc(Cl)c2nc(CN3CCN(c4cccc5c4O[C@@](C)(c4ccc(Cl)cn4)O5)[C@@H]4COC[C@@H]43)n(C[C@@H]3CCCO3)c2c1. The number of imidazole rings is 1. The fraction of sp³-hybridized carbons (Fsp3) is 0.441.